The summed E-state index contributed by atoms with van der Waals surface area (Å²) >= 11 is 0. The van der Waals surface area contributed by atoms with E-state index in [9.17, 15) is 9.59 Å². The van der Waals surface area contributed by atoms with Crippen molar-refractivity contribution in [2.24, 2.45) is 5.92 Å². The van der Waals surface area contributed by atoms with Gasteiger partial charge >= 0.3 is 5.69 Å². The summed E-state index contributed by atoms with van der Waals surface area (Å²) in [7, 11) is 0. The molecule has 0 spiro atoms. The van der Waals surface area contributed by atoms with Gasteiger partial charge in [0.05, 0.1) is 17.4 Å². The average molecular weight is 362 g/mol. The van der Waals surface area contributed by atoms with E-state index in [0.717, 1.165) is 12.0 Å². The van der Waals surface area contributed by atoms with Crippen LogP contribution in [0, 0.1) is 5.92 Å². The van der Waals surface area contributed by atoms with Gasteiger partial charge in [0.25, 0.3) is 5.56 Å². The smallest absolute Gasteiger partial charge is 0.276 e. The molecule has 0 fully saturated rings. The van der Waals surface area contributed by atoms with Crippen molar-refractivity contribution in [2.45, 2.75) is 33.4 Å². The molecule has 0 saturated heterocycles. The van der Waals surface area contributed by atoms with E-state index in [0.29, 0.717) is 35.7 Å². The van der Waals surface area contributed by atoms with Crippen molar-refractivity contribution in [3.63, 3.8) is 0 Å². The van der Waals surface area contributed by atoms with Gasteiger partial charge in [-0.2, -0.15) is 0 Å². The number of benzene rings is 2. The number of aryl methyl sites for hydroxylation is 1. The Morgan fingerprint density at radius 3 is 2.41 bits per heavy atom. The maximum atomic E-state index is 13.1. The summed E-state index contributed by atoms with van der Waals surface area (Å²) < 4.78 is 4.62. The number of para-hydroxylation sites is 1. The summed E-state index contributed by atoms with van der Waals surface area (Å²) in [4.78, 5) is 26.1. The SMILES string of the molecule is CC(C)CCn1c(=O)c2ccccc2n2c(=O)n(Cc3ccccc3)nc12. The number of hydrogen-bond acceptors (Lipinski definition) is 3. The van der Waals surface area contributed by atoms with Gasteiger partial charge in [-0.25, -0.2) is 13.9 Å². The lowest BCUT2D eigenvalue weighted by molar-refractivity contribution is 0.511. The Balaban J connectivity index is 1.98. The molecule has 2 aromatic heterocycles. The van der Waals surface area contributed by atoms with Crippen molar-refractivity contribution in [1.82, 2.24) is 18.7 Å². The zero-order chi connectivity index (χ0) is 19.0. The summed E-state index contributed by atoms with van der Waals surface area (Å²) in [5.74, 6) is 0.849. The minimum absolute atomic E-state index is 0.101. The van der Waals surface area contributed by atoms with Crippen LogP contribution in [0.2, 0.25) is 0 Å². The highest BCUT2D eigenvalue weighted by atomic mass is 16.2. The third kappa shape index (κ3) is 3.07. The molecule has 0 N–H and O–H groups in total. The topological polar surface area (TPSA) is 61.3 Å². The first kappa shape index (κ1) is 17.3. The Kier molecular flexibility index (Phi) is 4.39. The number of rotatable bonds is 5. The van der Waals surface area contributed by atoms with Gasteiger partial charge in [0, 0.05) is 6.54 Å². The van der Waals surface area contributed by atoms with E-state index in [1.54, 1.807) is 21.1 Å². The molecule has 0 aliphatic heterocycles. The molecule has 0 aliphatic rings. The molecule has 0 radical (unpaired) electrons. The van der Waals surface area contributed by atoms with Gasteiger partial charge in [-0.1, -0.05) is 56.3 Å². The molecule has 4 rings (SSSR count). The fourth-order valence-corrected chi connectivity index (χ4v) is 3.32. The quantitative estimate of drug-likeness (QED) is 0.548. The Bertz CT molecular complexity index is 1220. The predicted octanol–water partition coefficient (Wildman–Crippen LogP) is 2.91. The molecule has 2 aromatic carbocycles. The van der Waals surface area contributed by atoms with E-state index in [2.05, 4.69) is 18.9 Å². The van der Waals surface area contributed by atoms with Gasteiger partial charge in [0.1, 0.15) is 0 Å². The van der Waals surface area contributed by atoms with Crippen LogP contribution in [0.1, 0.15) is 25.8 Å². The van der Waals surface area contributed by atoms with E-state index in [4.69, 9.17) is 0 Å². The summed E-state index contributed by atoms with van der Waals surface area (Å²) in [6.07, 6.45) is 0.841. The molecule has 2 heterocycles. The second kappa shape index (κ2) is 6.87. The molecule has 0 aliphatic carbocycles. The van der Waals surface area contributed by atoms with E-state index in [1.165, 1.54) is 4.68 Å². The largest absolute Gasteiger partial charge is 0.352 e. The zero-order valence-electron chi connectivity index (χ0n) is 15.5. The molecule has 4 aromatic rings. The van der Waals surface area contributed by atoms with Gasteiger partial charge in [0.2, 0.25) is 5.78 Å². The third-order valence-electron chi connectivity index (χ3n) is 4.79. The van der Waals surface area contributed by atoms with Crippen LogP contribution in [0.3, 0.4) is 0 Å². The standard InChI is InChI=1S/C21H22N4O2/c1-15(2)12-13-23-19(26)17-10-6-7-11-18(17)25-20(23)22-24(21(25)27)14-16-8-4-3-5-9-16/h3-11,15H,12-14H2,1-2H3. The first-order valence-electron chi connectivity index (χ1n) is 9.21. The molecule has 0 unspecified atom stereocenters. The van der Waals surface area contributed by atoms with Crippen LogP contribution in [-0.4, -0.2) is 18.7 Å². The van der Waals surface area contributed by atoms with Crippen LogP contribution in [0.5, 0.6) is 0 Å². The number of fused-ring (bicyclic) bond motifs is 3. The van der Waals surface area contributed by atoms with Crippen LogP contribution in [-0.2, 0) is 13.1 Å². The molecule has 27 heavy (non-hydrogen) atoms. The lowest BCUT2D eigenvalue weighted by Crippen LogP contribution is -2.27. The molecule has 138 valence electrons. The van der Waals surface area contributed by atoms with Gasteiger partial charge in [0.15, 0.2) is 0 Å². The Morgan fingerprint density at radius 2 is 1.67 bits per heavy atom. The molecule has 6 nitrogen and oxygen atoms in total. The second-order valence-corrected chi connectivity index (χ2v) is 7.22. The average Bonchev–Trinajstić information content (AvgIpc) is 2.98. The van der Waals surface area contributed by atoms with Crippen molar-refractivity contribution in [3.05, 3.63) is 81.0 Å². The molecule has 6 heteroatoms. The molecule has 0 saturated carbocycles. The highest BCUT2D eigenvalue weighted by molar-refractivity contribution is 5.79. The van der Waals surface area contributed by atoms with Gasteiger partial charge in [-0.05, 0) is 30.0 Å². The van der Waals surface area contributed by atoms with Crippen molar-refractivity contribution in [2.75, 3.05) is 0 Å². The first-order chi connectivity index (χ1) is 13.1. The van der Waals surface area contributed by atoms with Crippen LogP contribution in [0.15, 0.2) is 64.2 Å². The molecular weight excluding hydrogens is 340 g/mol. The normalized spacial score (nSPS) is 11.7. The lowest BCUT2D eigenvalue weighted by atomic mass is 10.1. The van der Waals surface area contributed by atoms with E-state index >= 15 is 0 Å². The Labute approximate surface area is 156 Å². The van der Waals surface area contributed by atoms with Gasteiger partial charge in [-0.3, -0.25) is 9.36 Å². The second-order valence-electron chi connectivity index (χ2n) is 7.22. The van der Waals surface area contributed by atoms with Gasteiger partial charge < -0.3 is 0 Å². The van der Waals surface area contributed by atoms with Crippen LogP contribution in [0.25, 0.3) is 16.7 Å². The fourth-order valence-electron chi connectivity index (χ4n) is 3.32. The minimum Gasteiger partial charge on any atom is -0.276 e. The Hall–Kier alpha value is -3.15. The summed E-state index contributed by atoms with van der Waals surface area (Å²) in [6, 6.07) is 16.9. The molecule has 0 bridgehead atoms. The number of aromatic nitrogens is 4. The van der Waals surface area contributed by atoms with Crippen LogP contribution >= 0.6 is 0 Å². The van der Waals surface area contributed by atoms with Crippen molar-refractivity contribution >= 4 is 16.7 Å². The zero-order valence-corrected chi connectivity index (χ0v) is 15.5. The van der Waals surface area contributed by atoms with E-state index in [1.807, 2.05) is 42.5 Å². The molecule has 0 atom stereocenters. The maximum absolute atomic E-state index is 13.1. The highest BCUT2D eigenvalue weighted by Crippen LogP contribution is 2.12. The van der Waals surface area contributed by atoms with E-state index < -0.39 is 0 Å². The third-order valence-corrected chi connectivity index (χ3v) is 4.79. The molecule has 0 amide bonds. The van der Waals surface area contributed by atoms with Crippen molar-refractivity contribution in [3.8, 4) is 0 Å². The van der Waals surface area contributed by atoms with E-state index in [-0.39, 0.29) is 11.2 Å². The number of nitrogens with zero attached hydrogens (tertiary/aromatic N) is 4. The monoisotopic (exact) mass is 362 g/mol. The summed E-state index contributed by atoms with van der Waals surface area (Å²) in [5, 5.41) is 5.06. The maximum Gasteiger partial charge on any atom is 0.352 e. The summed E-state index contributed by atoms with van der Waals surface area (Å²) in [5.41, 5.74) is 1.25. The molecular formula is C21H22N4O2. The van der Waals surface area contributed by atoms with Crippen molar-refractivity contribution < 1.29 is 0 Å². The van der Waals surface area contributed by atoms with Crippen LogP contribution < -0.4 is 11.2 Å². The Morgan fingerprint density at radius 1 is 0.963 bits per heavy atom. The fraction of sp³-hybridized carbons (Fsp3) is 0.286. The predicted molar refractivity (Wildman–Crippen MR) is 106 cm³/mol. The first-order valence-corrected chi connectivity index (χ1v) is 9.21. The lowest BCUT2D eigenvalue weighted by Gasteiger charge is -2.10. The van der Waals surface area contributed by atoms with Crippen molar-refractivity contribution in [1.29, 1.82) is 0 Å². The minimum atomic E-state index is -0.233. The van der Waals surface area contributed by atoms with Gasteiger partial charge in [-0.15, -0.1) is 5.10 Å². The highest BCUT2D eigenvalue weighted by Gasteiger charge is 2.17. The number of hydrogen-bond donors (Lipinski definition) is 0. The van der Waals surface area contributed by atoms with Crippen LogP contribution in [0.4, 0.5) is 0 Å². The summed E-state index contributed by atoms with van der Waals surface area (Å²) in [6.45, 7) is 5.13.